The number of rotatable bonds is 17. The number of likely N-dealkylation sites (N-methyl/N-ethyl adjacent to an activating group) is 2. The first-order valence-electron chi connectivity index (χ1n) is 25.3. The van der Waals surface area contributed by atoms with Crippen molar-refractivity contribution in [3.05, 3.63) is 70.8 Å². The molecule has 0 spiro atoms. The SMILES string of the molecule is CN[C@@H](C)C(=S)N[C@H]1CCS[C@H]2CC(C)(C)[C@@H](C(=O)N[C@H]3c4ccccc4CC3OCCCCO[C@@H]3Cc4ccccc4[C@@H]3NC(=O)[C@H]3N4C(=O)[C@@H](NC(=S)[C@H](C)NC)CCS[C@H]4CC3(C)C)N2C1=O.S.S.S.S.S.S.S.S.S.S. The number of hydrogen-bond donors (Lipinski definition) is 6. The predicted molar refractivity (Wildman–Crippen MR) is 390 cm³/mol. The Labute approximate surface area is 566 Å². The average Bonchev–Trinajstić information content (AvgIpc) is 3.97. The standard InChI is InChI=1S/C52H74N8O6S4.10H2S/c1-29(53-7)47(67)55-35-19-23-69-39-27-51(3,4)43(59(39)49(35)63)45(61)57-41-33-17-11-9-15-31(33)25-37(41)65-21-13-14-22-66-38-26-32-16-10-12-18-34(32)42(38)58-46(62)44-52(5,6)28-40-60(44)50(64)36(20-24-70-40)56-48(68)30(2)54-8;;;;;;;;;;/h9-12,15-18,29-30,35-44,53-54H,13-14,19-28H2,1-8H3,(H,55,67)(H,56,68)(H,57,61)(H,58,62);10*1H2/t29-,30-,35-,36-,37+,38?,39-,40-,41-,42-,43+,44+;;;;;;;;;;/m0........../s1. The van der Waals surface area contributed by atoms with Crippen LogP contribution in [0.2, 0.25) is 0 Å². The highest BCUT2D eigenvalue weighted by molar-refractivity contribution is 8.00. The van der Waals surface area contributed by atoms with Crippen LogP contribution in [0.15, 0.2) is 48.5 Å². The molecule has 4 heterocycles. The first-order chi connectivity index (χ1) is 33.4. The fraction of sp³-hybridized carbons (Fsp3) is 0.654. The zero-order valence-electron chi connectivity index (χ0n) is 47.0. The van der Waals surface area contributed by atoms with Gasteiger partial charge in [0.05, 0.1) is 57.1 Å². The zero-order valence-corrected chi connectivity index (χ0v) is 60.3. The highest BCUT2D eigenvalue weighted by atomic mass is 32.2. The van der Waals surface area contributed by atoms with Crippen LogP contribution in [0, 0.1) is 10.8 Å². The first kappa shape index (κ1) is 84.3. The molecule has 8 rings (SSSR count). The maximum Gasteiger partial charge on any atom is 0.246 e. The monoisotopic (exact) mass is 1370 g/mol. The van der Waals surface area contributed by atoms with Gasteiger partial charge in [0.25, 0.3) is 0 Å². The molecule has 4 amide bonds. The van der Waals surface area contributed by atoms with Crippen molar-refractivity contribution in [2.24, 2.45) is 10.8 Å². The smallest absolute Gasteiger partial charge is 0.246 e. The zero-order chi connectivity index (χ0) is 50.1. The van der Waals surface area contributed by atoms with E-state index >= 15 is 0 Å². The number of thiocarbonyl (C=S) groups is 2. The third-order valence-electron chi connectivity index (χ3n) is 15.5. The summed E-state index contributed by atoms with van der Waals surface area (Å²) in [6.07, 6.45) is 4.98. The molecule has 0 bridgehead atoms. The predicted octanol–water partition coefficient (Wildman–Crippen LogP) is 6.46. The summed E-state index contributed by atoms with van der Waals surface area (Å²) in [5, 5.41) is 19.6. The maximum atomic E-state index is 14.7. The molecule has 1 unspecified atom stereocenters. The Hall–Kier alpha value is 0.140. The van der Waals surface area contributed by atoms with Gasteiger partial charge < -0.3 is 51.2 Å². The topological polar surface area (TPSA) is 165 Å². The van der Waals surface area contributed by atoms with E-state index in [4.69, 9.17) is 33.9 Å². The molecule has 2 aromatic carbocycles. The lowest BCUT2D eigenvalue weighted by Gasteiger charge is -2.35. The number of nitrogens with zero attached hydrogens (tertiary/aromatic N) is 2. The lowest BCUT2D eigenvalue weighted by molar-refractivity contribution is -0.143. The van der Waals surface area contributed by atoms with Crippen LogP contribution >= 0.6 is 183 Å². The fourth-order valence-corrected chi connectivity index (χ4v) is 15.1. The normalized spacial score (nSPS) is 26.7. The third kappa shape index (κ3) is 18.8. The number of carbonyl (C=O) groups excluding carboxylic acids is 4. The molecule has 28 heteroatoms. The second kappa shape index (κ2) is 37.1. The molecule has 6 aliphatic rings. The van der Waals surface area contributed by atoms with Crippen LogP contribution in [-0.2, 0) is 41.5 Å². The minimum absolute atomic E-state index is 0. The van der Waals surface area contributed by atoms with Gasteiger partial charge in [0.1, 0.15) is 24.2 Å². The van der Waals surface area contributed by atoms with Crippen molar-refractivity contribution < 1.29 is 28.7 Å². The van der Waals surface area contributed by atoms with Crippen LogP contribution in [0.3, 0.4) is 0 Å². The van der Waals surface area contributed by atoms with E-state index in [1.54, 1.807) is 23.5 Å². The number of amides is 4. The van der Waals surface area contributed by atoms with E-state index in [0.29, 0.717) is 48.9 Å². The highest BCUT2D eigenvalue weighted by Gasteiger charge is 2.57. The average molecular weight is 1380 g/mol. The lowest BCUT2D eigenvalue weighted by Crippen LogP contribution is -2.58. The van der Waals surface area contributed by atoms with Crippen molar-refractivity contribution >= 4 is 217 Å². The molecule has 4 fully saturated rings. The van der Waals surface area contributed by atoms with Crippen LogP contribution < -0.4 is 31.9 Å². The minimum atomic E-state index is -0.653. The number of thioether (sulfide) groups is 2. The molecule has 6 N–H and O–H groups in total. The number of benzene rings is 2. The second-order valence-corrected chi connectivity index (χ2v) is 24.8. The van der Waals surface area contributed by atoms with E-state index in [1.165, 1.54) is 0 Å². The van der Waals surface area contributed by atoms with E-state index in [0.717, 1.165) is 59.4 Å². The van der Waals surface area contributed by atoms with E-state index in [2.05, 4.69) is 83.9 Å². The van der Waals surface area contributed by atoms with Crippen LogP contribution in [0.1, 0.15) is 114 Å². The van der Waals surface area contributed by atoms with E-state index < -0.39 is 35.0 Å². The molecular weight excluding hydrogens is 1280 g/mol. The van der Waals surface area contributed by atoms with Crippen molar-refractivity contribution in [3.63, 3.8) is 0 Å². The van der Waals surface area contributed by atoms with Crippen LogP contribution in [0.4, 0.5) is 0 Å². The van der Waals surface area contributed by atoms with Crippen molar-refractivity contribution in [3.8, 4) is 0 Å². The van der Waals surface area contributed by atoms with Gasteiger partial charge in [0.2, 0.25) is 23.6 Å². The molecule has 0 saturated carbocycles. The Bertz CT molecular complexity index is 2160. The fourth-order valence-electron chi connectivity index (χ4n) is 11.5. The van der Waals surface area contributed by atoms with Gasteiger partial charge in [0.15, 0.2) is 0 Å². The highest BCUT2D eigenvalue weighted by Crippen LogP contribution is 2.48. The Morgan fingerprint density at radius 1 is 0.588 bits per heavy atom. The number of nitrogens with one attached hydrogen (secondary N) is 6. The van der Waals surface area contributed by atoms with Crippen molar-refractivity contribution in [2.75, 3.05) is 38.8 Å². The van der Waals surface area contributed by atoms with Crippen molar-refractivity contribution in [1.82, 2.24) is 41.7 Å². The Morgan fingerprint density at radius 2 is 0.925 bits per heavy atom. The van der Waals surface area contributed by atoms with Gasteiger partial charge in [-0.1, -0.05) is 101 Å². The molecule has 462 valence electrons. The molecule has 2 aliphatic carbocycles. The maximum absolute atomic E-state index is 14.7. The molecular formula is C52H94N8O6S14. The molecule has 14 nitrogen and oxygen atoms in total. The summed E-state index contributed by atoms with van der Waals surface area (Å²) in [5.74, 6) is 1.11. The van der Waals surface area contributed by atoms with E-state index in [9.17, 15) is 19.2 Å². The van der Waals surface area contributed by atoms with E-state index in [1.807, 2.05) is 62.0 Å². The van der Waals surface area contributed by atoms with Crippen molar-refractivity contribution in [1.29, 1.82) is 0 Å². The van der Waals surface area contributed by atoms with Gasteiger partial charge in [-0.05, 0) is 111 Å². The first-order valence-corrected chi connectivity index (χ1v) is 28.2. The summed E-state index contributed by atoms with van der Waals surface area (Å²) in [6, 6.07) is 13.2. The number of hydrogen-bond acceptors (Lipinski definition) is 12. The van der Waals surface area contributed by atoms with Gasteiger partial charge in [-0.3, -0.25) is 19.2 Å². The second-order valence-electron chi connectivity index (χ2n) is 21.4. The third-order valence-corrected chi connectivity index (χ3v) is 19.0. The summed E-state index contributed by atoms with van der Waals surface area (Å²) in [6.45, 7) is 13.3. The lowest BCUT2D eigenvalue weighted by atomic mass is 9.83. The molecule has 0 aromatic heterocycles. The number of fused-ring (bicyclic) bond motifs is 4. The van der Waals surface area contributed by atoms with Crippen LogP contribution in [0.25, 0.3) is 0 Å². The van der Waals surface area contributed by atoms with Crippen LogP contribution in [0.5, 0.6) is 0 Å². The molecule has 4 aliphatic heterocycles. The molecule has 12 atom stereocenters. The van der Waals surface area contributed by atoms with Crippen LogP contribution in [-0.4, -0.2) is 141 Å². The molecule has 80 heavy (non-hydrogen) atoms. The van der Waals surface area contributed by atoms with Gasteiger partial charge in [0, 0.05) is 26.1 Å². The number of unbranched alkanes of at least 4 members (excludes halogenated alkanes) is 1. The Balaban J connectivity index is -0.00000593. The summed E-state index contributed by atoms with van der Waals surface area (Å²) >= 11 is 14.8. The summed E-state index contributed by atoms with van der Waals surface area (Å²) < 4.78 is 13.3. The summed E-state index contributed by atoms with van der Waals surface area (Å²) in [7, 11) is 3.69. The number of ether oxygens (including phenoxy) is 2. The van der Waals surface area contributed by atoms with Gasteiger partial charge in [-0.25, -0.2) is 0 Å². The minimum Gasteiger partial charge on any atom is -0.375 e. The van der Waals surface area contributed by atoms with Gasteiger partial charge in [-0.15, -0.1) is 23.5 Å². The van der Waals surface area contributed by atoms with Gasteiger partial charge in [-0.2, -0.15) is 135 Å². The van der Waals surface area contributed by atoms with Gasteiger partial charge >= 0.3 is 0 Å². The quantitative estimate of drug-likeness (QED) is 0.0756. The summed E-state index contributed by atoms with van der Waals surface area (Å²) in [4.78, 5) is 62.8. The number of carbonyl (C=O) groups is 4. The van der Waals surface area contributed by atoms with E-state index in [-0.39, 0.29) is 206 Å². The molecule has 0 radical (unpaired) electrons. The molecule has 2 aromatic rings. The summed E-state index contributed by atoms with van der Waals surface area (Å²) in [5.41, 5.74) is 3.49. The Kier molecular flexibility index (Phi) is 39.1. The largest absolute Gasteiger partial charge is 0.375 e. The molecule has 4 saturated heterocycles. The Morgan fingerprint density at radius 3 is 1.26 bits per heavy atom. The van der Waals surface area contributed by atoms with Crippen molar-refractivity contribution in [2.45, 2.75) is 164 Å².